The van der Waals surface area contributed by atoms with Gasteiger partial charge in [0.1, 0.15) is 5.75 Å². The van der Waals surface area contributed by atoms with Gasteiger partial charge in [-0.15, -0.1) is 0 Å². The first-order chi connectivity index (χ1) is 9.17. The van der Waals surface area contributed by atoms with Gasteiger partial charge in [0.25, 0.3) is 0 Å². The Morgan fingerprint density at radius 2 is 1.89 bits per heavy atom. The van der Waals surface area contributed by atoms with E-state index >= 15 is 0 Å². The van der Waals surface area contributed by atoms with E-state index in [1.165, 1.54) is 6.92 Å². The Morgan fingerprint density at radius 1 is 1.16 bits per heavy atom. The summed E-state index contributed by atoms with van der Waals surface area (Å²) in [6, 6.07) is 14.6. The molecule has 2 aromatic carbocycles. The topological polar surface area (TPSA) is 50.1 Å². The maximum absolute atomic E-state index is 11.7. The number of methoxy groups -OCH3 is 1. The Hall–Kier alpha value is -2.60. The van der Waals surface area contributed by atoms with Crippen LogP contribution >= 0.6 is 0 Å². The minimum Gasteiger partial charge on any atom is -0.496 e. The molecule has 2 rings (SSSR count). The van der Waals surface area contributed by atoms with Gasteiger partial charge < -0.3 is 4.74 Å². The standard InChI is InChI=1S/C16H13NO2/c1-11(18)13-5-3-4-6-14(13)15-9-12(10-17)7-8-16(15)19-2/h3-9H,1-2H3. The average Bonchev–Trinajstić information content (AvgIpc) is 2.46. The minimum absolute atomic E-state index is 0.0139. The molecule has 0 aliphatic heterocycles. The normalized spacial score (nSPS) is 9.74. The van der Waals surface area contributed by atoms with E-state index in [9.17, 15) is 4.79 Å². The third-order valence-electron chi connectivity index (χ3n) is 2.93. The number of rotatable bonds is 3. The molecule has 0 saturated carbocycles. The van der Waals surface area contributed by atoms with E-state index in [1.807, 2.05) is 18.2 Å². The number of benzene rings is 2. The molecule has 94 valence electrons. The molecular formula is C16H13NO2. The van der Waals surface area contributed by atoms with Crippen LogP contribution in [0.4, 0.5) is 0 Å². The SMILES string of the molecule is COc1ccc(C#N)cc1-c1ccccc1C(C)=O. The van der Waals surface area contributed by atoms with Crippen molar-refractivity contribution in [3.05, 3.63) is 53.6 Å². The minimum atomic E-state index is -0.0139. The van der Waals surface area contributed by atoms with Gasteiger partial charge in [0.15, 0.2) is 5.78 Å². The molecule has 0 spiro atoms. The van der Waals surface area contributed by atoms with Gasteiger partial charge in [-0.05, 0) is 30.7 Å². The Morgan fingerprint density at radius 3 is 2.53 bits per heavy atom. The summed E-state index contributed by atoms with van der Waals surface area (Å²) in [6.45, 7) is 1.53. The number of ether oxygens (including phenoxy) is 1. The molecule has 3 heteroatoms. The van der Waals surface area contributed by atoms with Gasteiger partial charge in [-0.2, -0.15) is 5.26 Å². The Labute approximate surface area is 112 Å². The second kappa shape index (κ2) is 5.36. The number of nitrogens with zero attached hydrogens (tertiary/aromatic N) is 1. The molecule has 0 radical (unpaired) electrons. The molecule has 0 amide bonds. The smallest absolute Gasteiger partial charge is 0.160 e. The molecule has 0 bridgehead atoms. The second-order valence-electron chi connectivity index (χ2n) is 4.13. The monoisotopic (exact) mass is 251 g/mol. The zero-order chi connectivity index (χ0) is 13.8. The lowest BCUT2D eigenvalue weighted by Crippen LogP contribution is -1.97. The number of carbonyl (C=O) groups is 1. The van der Waals surface area contributed by atoms with Crippen molar-refractivity contribution in [2.75, 3.05) is 7.11 Å². The summed E-state index contributed by atoms with van der Waals surface area (Å²) in [6.07, 6.45) is 0. The van der Waals surface area contributed by atoms with Crippen molar-refractivity contribution in [2.24, 2.45) is 0 Å². The predicted octanol–water partition coefficient (Wildman–Crippen LogP) is 3.44. The number of hydrogen-bond acceptors (Lipinski definition) is 3. The van der Waals surface area contributed by atoms with Crippen LogP contribution in [0.25, 0.3) is 11.1 Å². The molecule has 0 unspecified atom stereocenters. The Bertz CT molecular complexity index is 669. The summed E-state index contributed by atoms with van der Waals surface area (Å²) < 4.78 is 5.31. The molecule has 0 aliphatic rings. The van der Waals surface area contributed by atoms with Crippen LogP contribution < -0.4 is 4.74 Å². The number of carbonyl (C=O) groups excluding carboxylic acids is 1. The van der Waals surface area contributed by atoms with E-state index < -0.39 is 0 Å². The zero-order valence-electron chi connectivity index (χ0n) is 10.8. The van der Waals surface area contributed by atoms with Gasteiger partial charge in [0, 0.05) is 11.1 Å². The van der Waals surface area contributed by atoms with E-state index in [1.54, 1.807) is 31.4 Å². The van der Waals surface area contributed by atoms with Gasteiger partial charge in [-0.25, -0.2) is 0 Å². The molecule has 19 heavy (non-hydrogen) atoms. The molecule has 0 atom stereocenters. The van der Waals surface area contributed by atoms with E-state index in [2.05, 4.69) is 6.07 Å². The lowest BCUT2D eigenvalue weighted by molar-refractivity contribution is 0.101. The number of hydrogen-bond donors (Lipinski definition) is 0. The number of Topliss-reactive ketones (excluding diaryl/α,β-unsaturated/α-hetero) is 1. The highest BCUT2D eigenvalue weighted by Gasteiger charge is 2.13. The maximum atomic E-state index is 11.7. The molecule has 3 nitrogen and oxygen atoms in total. The number of ketones is 1. The van der Waals surface area contributed by atoms with Crippen LogP contribution in [0.2, 0.25) is 0 Å². The van der Waals surface area contributed by atoms with Crippen LogP contribution in [0.15, 0.2) is 42.5 Å². The molecule has 0 heterocycles. The van der Waals surface area contributed by atoms with Crippen LogP contribution in [0, 0.1) is 11.3 Å². The fourth-order valence-corrected chi connectivity index (χ4v) is 2.01. The highest BCUT2D eigenvalue weighted by Crippen LogP contribution is 2.33. The van der Waals surface area contributed by atoms with E-state index in [0.29, 0.717) is 16.9 Å². The summed E-state index contributed by atoms with van der Waals surface area (Å²) >= 11 is 0. The van der Waals surface area contributed by atoms with Crippen LogP contribution in [0.1, 0.15) is 22.8 Å². The number of nitriles is 1. The molecule has 2 aromatic rings. The van der Waals surface area contributed by atoms with Crippen molar-refractivity contribution in [1.29, 1.82) is 5.26 Å². The van der Waals surface area contributed by atoms with Crippen LogP contribution in [0.3, 0.4) is 0 Å². The van der Waals surface area contributed by atoms with Crippen LogP contribution in [-0.2, 0) is 0 Å². The molecule has 0 aromatic heterocycles. The second-order valence-corrected chi connectivity index (χ2v) is 4.13. The highest BCUT2D eigenvalue weighted by atomic mass is 16.5. The average molecular weight is 251 g/mol. The van der Waals surface area contributed by atoms with Gasteiger partial charge in [0.05, 0.1) is 18.7 Å². The Balaban J connectivity index is 2.71. The predicted molar refractivity (Wildman–Crippen MR) is 73.1 cm³/mol. The zero-order valence-corrected chi connectivity index (χ0v) is 10.8. The summed E-state index contributed by atoms with van der Waals surface area (Å²) in [5.41, 5.74) is 2.70. The van der Waals surface area contributed by atoms with Gasteiger partial charge in [-0.1, -0.05) is 24.3 Å². The molecular weight excluding hydrogens is 238 g/mol. The van der Waals surface area contributed by atoms with E-state index in [4.69, 9.17) is 10.00 Å². The fraction of sp³-hybridized carbons (Fsp3) is 0.125. The first-order valence-corrected chi connectivity index (χ1v) is 5.86. The van der Waals surface area contributed by atoms with Gasteiger partial charge in [-0.3, -0.25) is 4.79 Å². The van der Waals surface area contributed by atoms with Gasteiger partial charge >= 0.3 is 0 Å². The Kier molecular flexibility index (Phi) is 3.63. The quantitative estimate of drug-likeness (QED) is 0.785. The lowest BCUT2D eigenvalue weighted by Gasteiger charge is -2.11. The first kappa shape index (κ1) is 12.8. The largest absolute Gasteiger partial charge is 0.496 e. The first-order valence-electron chi connectivity index (χ1n) is 5.86. The third kappa shape index (κ3) is 2.48. The van der Waals surface area contributed by atoms with Crippen molar-refractivity contribution >= 4 is 5.78 Å². The summed E-state index contributed by atoms with van der Waals surface area (Å²) in [5.74, 6) is 0.632. The summed E-state index contributed by atoms with van der Waals surface area (Å²) in [7, 11) is 1.57. The lowest BCUT2D eigenvalue weighted by atomic mass is 9.95. The molecule has 0 fully saturated rings. The maximum Gasteiger partial charge on any atom is 0.160 e. The molecule has 0 N–H and O–H groups in total. The van der Waals surface area contributed by atoms with E-state index in [-0.39, 0.29) is 5.78 Å². The molecule has 0 aliphatic carbocycles. The van der Waals surface area contributed by atoms with Crippen molar-refractivity contribution in [3.8, 4) is 22.9 Å². The van der Waals surface area contributed by atoms with Crippen molar-refractivity contribution in [2.45, 2.75) is 6.92 Å². The van der Waals surface area contributed by atoms with Crippen molar-refractivity contribution in [3.63, 3.8) is 0 Å². The fourth-order valence-electron chi connectivity index (χ4n) is 2.01. The van der Waals surface area contributed by atoms with Gasteiger partial charge in [0.2, 0.25) is 0 Å². The van der Waals surface area contributed by atoms with Crippen molar-refractivity contribution < 1.29 is 9.53 Å². The van der Waals surface area contributed by atoms with Crippen LogP contribution in [-0.4, -0.2) is 12.9 Å². The summed E-state index contributed by atoms with van der Waals surface area (Å²) in [4.78, 5) is 11.7. The van der Waals surface area contributed by atoms with Crippen LogP contribution in [0.5, 0.6) is 5.75 Å². The van der Waals surface area contributed by atoms with Crippen molar-refractivity contribution in [1.82, 2.24) is 0 Å². The third-order valence-corrected chi connectivity index (χ3v) is 2.93. The molecule has 0 saturated heterocycles. The summed E-state index contributed by atoms with van der Waals surface area (Å²) in [5, 5.41) is 8.99. The van der Waals surface area contributed by atoms with E-state index in [0.717, 1.165) is 11.1 Å². The highest BCUT2D eigenvalue weighted by molar-refractivity contribution is 6.01.